The number of carbonyl (C=O) groups excluding carboxylic acids is 2. The maximum absolute atomic E-state index is 13.6. The van der Waals surface area contributed by atoms with Gasteiger partial charge in [0, 0.05) is 12.1 Å². The van der Waals surface area contributed by atoms with Crippen LogP contribution in [0.4, 0.5) is 4.39 Å². The summed E-state index contributed by atoms with van der Waals surface area (Å²) in [6.07, 6.45) is 0. The van der Waals surface area contributed by atoms with Gasteiger partial charge in [-0.25, -0.2) is 14.0 Å². The molecular formula is C14H14FNO6. The molecule has 2 rings (SSSR count). The molecule has 1 atom stereocenters. The molecule has 0 saturated carbocycles. The Morgan fingerprint density at radius 2 is 2.00 bits per heavy atom. The maximum atomic E-state index is 13.6. The fourth-order valence-electron chi connectivity index (χ4n) is 2.17. The summed E-state index contributed by atoms with van der Waals surface area (Å²) in [4.78, 5) is 36.1. The highest BCUT2D eigenvalue weighted by atomic mass is 19.1. The van der Waals surface area contributed by atoms with Crippen LogP contribution in [0.15, 0.2) is 18.2 Å². The molecule has 0 aromatic heterocycles. The lowest BCUT2D eigenvalue weighted by atomic mass is 10.1. The van der Waals surface area contributed by atoms with Gasteiger partial charge in [0.25, 0.3) is 5.91 Å². The molecule has 1 aromatic rings. The average Bonchev–Trinajstić information content (AvgIpc) is 2.52. The van der Waals surface area contributed by atoms with Crippen molar-refractivity contribution in [2.75, 3.05) is 26.9 Å². The molecule has 1 saturated heterocycles. The van der Waals surface area contributed by atoms with Crippen LogP contribution >= 0.6 is 0 Å². The molecule has 1 amide bonds. The number of nitrogens with zero attached hydrogens (tertiary/aromatic N) is 1. The van der Waals surface area contributed by atoms with Crippen molar-refractivity contribution in [3.63, 3.8) is 0 Å². The van der Waals surface area contributed by atoms with E-state index in [1.165, 1.54) is 6.07 Å². The molecule has 0 aliphatic carbocycles. The van der Waals surface area contributed by atoms with Gasteiger partial charge >= 0.3 is 11.9 Å². The minimum Gasteiger partial charge on any atom is -0.480 e. The first-order chi connectivity index (χ1) is 10.4. The zero-order chi connectivity index (χ0) is 16.3. The van der Waals surface area contributed by atoms with E-state index in [2.05, 4.69) is 4.74 Å². The Kier molecular flexibility index (Phi) is 4.71. The van der Waals surface area contributed by atoms with Crippen molar-refractivity contribution in [1.29, 1.82) is 0 Å². The summed E-state index contributed by atoms with van der Waals surface area (Å²) in [7, 11) is 1.14. The summed E-state index contributed by atoms with van der Waals surface area (Å²) in [5.41, 5.74) is -0.237. The van der Waals surface area contributed by atoms with E-state index >= 15 is 0 Å². The minimum absolute atomic E-state index is 0.0693. The van der Waals surface area contributed by atoms with Gasteiger partial charge in [-0.1, -0.05) is 0 Å². The van der Waals surface area contributed by atoms with Gasteiger partial charge in [-0.15, -0.1) is 0 Å². The predicted molar refractivity (Wildman–Crippen MR) is 71.0 cm³/mol. The van der Waals surface area contributed by atoms with Gasteiger partial charge in [0.2, 0.25) is 0 Å². The number of benzene rings is 1. The highest BCUT2D eigenvalue weighted by Gasteiger charge is 2.33. The molecule has 1 unspecified atom stereocenters. The van der Waals surface area contributed by atoms with Crippen molar-refractivity contribution < 1.29 is 33.4 Å². The van der Waals surface area contributed by atoms with Crippen LogP contribution < -0.4 is 0 Å². The lowest BCUT2D eigenvalue weighted by molar-refractivity contribution is -0.147. The molecule has 0 spiro atoms. The van der Waals surface area contributed by atoms with Gasteiger partial charge in [-0.3, -0.25) is 4.79 Å². The number of hydrogen-bond acceptors (Lipinski definition) is 5. The first-order valence-corrected chi connectivity index (χ1v) is 6.44. The summed E-state index contributed by atoms with van der Waals surface area (Å²) in [6, 6.07) is 1.91. The third kappa shape index (κ3) is 3.22. The van der Waals surface area contributed by atoms with E-state index < -0.39 is 29.7 Å². The summed E-state index contributed by atoms with van der Waals surface area (Å²) >= 11 is 0. The van der Waals surface area contributed by atoms with Crippen LogP contribution in [-0.2, 0) is 14.3 Å². The Morgan fingerprint density at radius 3 is 2.64 bits per heavy atom. The fraction of sp³-hybridized carbons (Fsp3) is 0.357. The zero-order valence-corrected chi connectivity index (χ0v) is 11.7. The molecule has 1 heterocycles. The highest BCUT2D eigenvalue weighted by molar-refractivity contribution is 5.99. The number of carboxylic acids is 1. The molecule has 8 heteroatoms. The number of amides is 1. The molecule has 7 nitrogen and oxygen atoms in total. The minimum atomic E-state index is -1.21. The lowest BCUT2D eigenvalue weighted by Gasteiger charge is -2.32. The number of methoxy groups -OCH3 is 1. The second-order valence-corrected chi connectivity index (χ2v) is 4.65. The number of carbonyl (C=O) groups is 3. The number of hydrogen-bond donors (Lipinski definition) is 1. The molecule has 118 valence electrons. The number of carboxylic acid groups (broad SMARTS) is 1. The van der Waals surface area contributed by atoms with E-state index in [1.807, 2.05) is 0 Å². The Morgan fingerprint density at radius 1 is 1.32 bits per heavy atom. The molecule has 1 N–H and O–H groups in total. The number of halogens is 1. The summed E-state index contributed by atoms with van der Waals surface area (Å²) < 4.78 is 23.1. The van der Waals surface area contributed by atoms with E-state index in [1.54, 1.807) is 0 Å². The average molecular weight is 311 g/mol. The van der Waals surface area contributed by atoms with Gasteiger partial charge in [0.15, 0.2) is 6.04 Å². The fourth-order valence-corrected chi connectivity index (χ4v) is 2.17. The first-order valence-electron chi connectivity index (χ1n) is 6.44. The van der Waals surface area contributed by atoms with Crippen LogP contribution in [0.2, 0.25) is 0 Å². The van der Waals surface area contributed by atoms with Gasteiger partial charge in [-0.2, -0.15) is 0 Å². The molecule has 1 aliphatic heterocycles. The van der Waals surface area contributed by atoms with Gasteiger partial charge in [0.05, 0.1) is 25.9 Å². The number of aliphatic carboxylic acids is 1. The van der Waals surface area contributed by atoms with Gasteiger partial charge in [-0.05, 0) is 18.2 Å². The number of esters is 1. The highest BCUT2D eigenvalue weighted by Crippen LogP contribution is 2.16. The van der Waals surface area contributed by atoms with Crippen molar-refractivity contribution in [2.24, 2.45) is 0 Å². The van der Waals surface area contributed by atoms with Crippen LogP contribution in [0, 0.1) is 5.82 Å². The SMILES string of the molecule is COC(=O)c1cc(F)cc(C(=O)N2CCOCC2C(=O)O)c1. The second-order valence-electron chi connectivity index (χ2n) is 4.65. The topological polar surface area (TPSA) is 93.1 Å². The van der Waals surface area contributed by atoms with Crippen LogP contribution in [0.1, 0.15) is 20.7 Å². The maximum Gasteiger partial charge on any atom is 0.337 e. The molecule has 0 bridgehead atoms. The van der Waals surface area contributed by atoms with Crippen molar-refractivity contribution in [2.45, 2.75) is 6.04 Å². The smallest absolute Gasteiger partial charge is 0.337 e. The number of ether oxygens (including phenoxy) is 2. The Balaban J connectivity index is 2.33. The van der Waals surface area contributed by atoms with Crippen molar-refractivity contribution >= 4 is 17.8 Å². The molecule has 1 aromatic carbocycles. The largest absolute Gasteiger partial charge is 0.480 e. The summed E-state index contributed by atoms with van der Waals surface area (Å²) in [5, 5.41) is 9.12. The van der Waals surface area contributed by atoms with Crippen molar-refractivity contribution in [3.8, 4) is 0 Å². The Hall–Kier alpha value is -2.48. The van der Waals surface area contributed by atoms with Crippen LogP contribution in [0.25, 0.3) is 0 Å². The van der Waals surface area contributed by atoms with Crippen LogP contribution in [0.5, 0.6) is 0 Å². The molecule has 1 fully saturated rings. The third-order valence-electron chi connectivity index (χ3n) is 3.24. The lowest BCUT2D eigenvalue weighted by Crippen LogP contribution is -2.52. The monoisotopic (exact) mass is 311 g/mol. The summed E-state index contributed by atoms with van der Waals surface area (Å²) in [5.74, 6) is -3.46. The van der Waals surface area contributed by atoms with Gasteiger partial charge in [0.1, 0.15) is 5.82 Å². The summed E-state index contributed by atoms with van der Waals surface area (Å²) in [6.45, 7) is 0.120. The standard InChI is InChI=1S/C14H14FNO6/c1-21-14(20)9-4-8(5-10(15)6-9)12(17)16-2-3-22-7-11(16)13(18)19/h4-6,11H,2-3,7H2,1H3,(H,18,19). The van der Waals surface area contributed by atoms with E-state index in [9.17, 15) is 18.8 Å². The molecule has 1 aliphatic rings. The van der Waals surface area contributed by atoms with Gasteiger partial charge < -0.3 is 19.5 Å². The van der Waals surface area contributed by atoms with Crippen LogP contribution in [-0.4, -0.2) is 60.8 Å². The number of morpholine rings is 1. The number of rotatable bonds is 3. The molecular weight excluding hydrogens is 297 g/mol. The van der Waals surface area contributed by atoms with Crippen molar-refractivity contribution in [1.82, 2.24) is 4.90 Å². The van der Waals surface area contributed by atoms with E-state index in [4.69, 9.17) is 9.84 Å². The first kappa shape index (κ1) is 15.9. The van der Waals surface area contributed by atoms with Crippen LogP contribution in [0.3, 0.4) is 0 Å². The van der Waals surface area contributed by atoms with Crippen molar-refractivity contribution in [3.05, 3.63) is 35.1 Å². The quantitative estimate of drug-likeness (QED) is 0.819. The normalized spacial score (nSPS) is 17.9. The Bertz CT molecular complexity index is 617. The molecule has 22 heavy (non-hydrogen) atoms. The predicted octanol–water partition coefficient (Wildman–Crippen LogP) is 0.538. The second kappa shape index (κ2) is 6.52. The van der Waals surface area contributed by atoms with E-state index in [0.29, 0.717) is 0 Å². The molecule has 0 radical (unpaired) electrons. The Labute approximate surface area is 125 Å². The third-order valence-corrected chi connectivity index (χ3v) is 3.24. The van der Waals surface area contributed by atoms with E-state index in [0.717, 1.165) is 24.1 Å². The van der Waals surface area contributed by atoms with E-state index in [-0.39, 0.29) is 30.9 Å². The zero-order valence-electron chi connectivity index (χ0n) is 11.7.